The highest BCUT2D eigenvalue weighted by atomic mass is 16.5. The molecule has 0 unspecified atom stereocenters. The van der Waals surface area contributed by atoms with Crippen LogP contribution in [0.25, 0.3) is 0 Å². The molecule has 0 aromatic carbocycles. The number of amides is 3. The molecule has 0 aliphatic carbocycles. The predicted octanol–water partition coefficient (Wildman–Crippen LogP) is -1.57. The number of nitrogens with one attached hydrogen (secondary N) is 4. The van der Waals surface area contributed by atoms with Gasteiger partial charge < -0.3 is 20.3 Å². The molecule has 0 aliphatic heterocycles. The van der Waals surface area contributed by atoms with E-state index >= 15 is 0 Å². The second-order valence-corrected chi connectivity index (χ2v) is 3.23. The molecule has 1 aromatic rings. The Labute approximate surface area is 103 Å². The van der Waals surface area contributed by atoms with Gasteiger partial charge in [0.05, 0.1) is 6.67 Å². The number of carbonyl (C=O) groups is 2. The highest BCUT2D eigenvalue weighted by Gasteiger charge is 2.04. The summed E-state index contributed by atoms with van der Waals surface area (Å²) < 4.78 is 4.30. The average Bonchev–Trinajstić information content (AvgIpc) is 2.27. The molecule has 0 aliphatic rings. The van der Waals surface area contributed by atoms with E-state index in [0.717, 1.165) is 0 Å². The number of nitrogens with zero attached hydrogens (tertiary/aromatic N) is 1. The molecule has 96 valence electrons. The van der Waals surface area contributed by atoms with E-state index < -0.39 is 17.7 Å². The van der Waals surface area contributed by atoms with Gasteiger partial charge in [-0.3, -0.25) is 10.1 Å². The van der Waals surface area contributed by atoms with Crippen LogP contribution in [0.5, 0.6) is 0 Å². The monoisotopic (exact) mass is 253 g/mol. The molecule has 1 heterocycles. The normalized spacial score (nSPS) is 9.39. The summed E-state index contributed by atoms with van der Waals surface area (Å²) in [4.78, 5) is 39.3. The fourth-order valence-corrected chi connectivity index (χ4v) is 1.06. The summed E-state index contributed by atoms with van der Waals surface area (Å²) in [5.41, 5.74) is 0.104. The first kappa shape index (κ1) is 13.5. The lowest BCUT2D eigenvalue weighted by Crippen LogP contribution is -2.39. The Hall–Kier alpha value is -2.52. The molecule has 4 N–H and O–H groups in total. The van der Waals surface area contributed by atoms with Crippen molar-refractivity contribution in [3.05, 3.63) is 22.1 Å². The van der Waals surface area contributed by atoms with Crippen LogP contribution in [0.2, 0.25) is 0 Å². The minimum Gasteiger partial charge on any atom is -0.528 e. The highest BCUT2D eigenvalue weighted by Crippen LogP contribution is 1.94. The summed E-state index contributed by atoms with van der Waals surface area (Å²) in [7, 11) is 1.21. The van der Waals surface area contributed by atoms with Crippen LogP contribution in [0.15, 0.2) is 10.9 Å². The maximum Gasteiger partial charge on any atom is 0.390 e. The Balaban J connectivity index is 2.44. The number of carbonyl (C=O) groups excluding carboxylic acids is 2. The number of aromatic nitrogens is 2. The lowest BCUT2D eigenvalue weighted by molar-refractivity contribution is 0.203. The number of hydrogen-bond donors (Lipinski definition) is 4. The highest BCUT2D eigenvalue weighted by molar-refractivity contribution is 6.05. The Morgan fingerprint density at radius 3 is 2.83 bits per heavy atom. The molecule has 3 amide bonds. The maximum absolute atomic E-state index is 11.3. The molecule has 0 spiro atoms. The summed E-state index contributed by atoms with van der Waals surface area (Å²) in [5, 5.41) is 6.86. The number of aromatic amines is 1. The van der Waals surface area contributed by atoms with Crippen molar-refractivity contribution in [2.24, 2.45) is 0 Å². The molecule has 0 bridgehead atoms. The molecule has 1 aromatic heterocycles. The second kappa shape index (κ2) is 6.28. The first-order chi connectivity index (χ1) is 8.51. The number of anilines is 1. The average molecular weight is 253 g/mol. The van der Waals surface area contributed by atoms with Crippen molar-refractivity contribution in [1.29, 1.82) is 0 Å². The SMILES string of the molecule is BOC(=O)NCNC(=O)Nc1nc(=O)cc(C)[nH]1. The molecule has 10 heteroatoms. The van der Waals surface area contributed by atoms with Gasteiger partial charge in [0.25, 0.3) is 5.56 Å². The van der Waals surface area contributed by atoms with E-state index in [1.807, 2.05) is 0 Å². The lowest BCUT2D eigenvalue weighted by Gasteiger charge is -2.07. The van der Waals surface area contributed by atoms with Gasteiger partial charge in [-0.15, -0.1) is 0 Å². The molecule has 0 radical (unpaired) electrons. The summed E-state index contributed by atoms with van der Waals surface area (Å²) in [5.74, 6) is 0.0237. The molecule has 1 rings (SSSR count). The standard InChI is InChI=1S/C8H12BN5O4/c1-4-2-5(15)13-6(12-4)14-7(16)10-3-11-8(17)18-9/h2H,3,9H2,1H3,(H,11,17)(H3,10,12,13,14,15,16). The van der Waals surface area contributed by atoms with Gasteiger partial charge in [0.2, 0.25) is 5.95 Å². The van der Waals surface area contributed by atoms with Crippen molar-refractivity contribution in [2.75, 3.05) is 12.0 Å². The van der Waals surface area contributed by atoms with Gasteiger partial charge >= 0.3 is 20.2 Å². The Morgan fingerprint density at radius 2 is 2.22 bits per heavy atom. The molecular weight excluding hydrogens is 241 g/mol. The van der Waals surface area contributed by atoms with Crippen molar-refractivity contribution < 1.29 is 14.2 Å². The minimum absolute atomic E-state index is 0.0237. The molecule has 0 fully saturated rings. The Morgan fingerprint density at radius 1 is 1.50 bits per heavy atom. The Bertz CT molecular complexity index is 503. The van der Waals surface area contributed by atoms with E-state index in [-0.39, 0.29) is 12.6 Å². The number of H-pyrrole nitrogens is 1. The van der Waals surface area contributed by atoms with Gasteiger partial charge in [0.15, 0.2) is 0 Å². The lowest BCUT2D eigenvalue weighted by atomic mass is 10.4. The van der Waals surface area contributed by atoms with E-state index in [1.165, 1.54) is 14.1 Å². The number of rotatable bonds is 3. The summed E-state index contributed by atoms with van der Waals surface area (Å²) in [6.07, 6.45) is -0.669. The molecule has 0 atom stereocenters. The summed E-state index contributed by atoms with van der Waals surface area (Å²) in [6, 6.07) is 0.669. The quantitative estimate of drug-likeness (QED) is 0.382. The Kier molecular flexibility index (Phi) is 4.72. The van der Waals surface area contributed by atoms with E-state index in [1.54, 1.807) is 6.92 Å². The fraction of sp³-hybridized carbons (Fsp3) is 0.250. The van der Waals surface area contributed by atoms with Crippen molar-refractivity contribution in [3.63, 3.8) is 0 Å². The number of urea groups is 1. The predicted molar refractivity (Wildman–Crippen MR) is 64.8 cm³/mol. The smallest absolute Gasteiger partial charge is 0.390 e. The van der Waals surface area contributed by atoms with Crippen LogP contribution in [0, 0.1) is 6.92 Å². The third kappa shape index (κ3) is 4.55. The molecule has 0 saturated carbocycles. The van der Waals surface area contributed by atoms with Crippen molar-refractivity contribution >= 4 is 26.1 Å². The van der Waals surface area contributed by atoms with Crippen LogP contribution in [-0.2, 0) is 4.65 Å². The first-order valence-electron chi connectivity index (χ1n) is 4.96. The van der Waals surface area contributed by atoms with Gasteiger partial charge in [-0.05, 0) is 6.92 Å². The van der Waals surface area contributed by atoms with Crippen LogP contribution in [0.1, 0.15) is 5.69 Å². The summed E-state index contributed by atoms with van der Waals surface area (Å²) in [6.45, 7) is 1.54. The minimum atomic E-state index is -0.669. The second-order valence-electron chi connectivity index (χ2n) is 3.23. The number of hydrogen-bond acceptors (Lipinski definition) is 5. The van der Waals surface area contributed by atoms with Crippen molar-refractivity contribution in [3.8, 4) is 0 Å². The molecule has 0 saturated heterocycles. The fourth-order valence-electron chi connectivity index (χ4n) is 1.06. The first-order valence-corrected chi connectivity index (χ1v) is 4.96. The van der Waals surface area contributed by atoms with E-state index in [9.17, 15) is 14.4 Å². The van der Waals surface area contributed by atoms with Crippen molar-refractivity contribution in [2.45, 2.75) is 6.92 Å². The van der Waals surface area contributed by atoms with Crippen LogP contribution < -0.4 is 21.5 Å². The maximum atomic E-state index is 11.3. The van der Waals surface area contributed by atoms with Crippen LogP contribution >= 0.6 is 0 Å². The molecule has 9 nitrogen and oxygen atoms in total. The topological polar surface area (TPSA) is 125 Å². The van der Waals surface area contributed by atoms with E-state index in [2.05, 4.69) is 30.6 Å². The molecule has 18 heavy (non-hydrogen) atoms. The van der Waals surface area contributed by atoms with Gasteiger partial charge in [-0.1, -0.05) is 0 Å². The zero-order chi connectivity index (χ0) is 13.5. The van der Waals surface area contributed by atoms with Crippen LogP contribution in [-0.4, -0.2) is 36.8 Å². The largest absolute Gasteiger partial charge is 0.528 e. The van der Waals surface area contributed by atoms with Gasteiger partial charge in [0.1, 0.15) is 0 Å². The third-order valence-electron chi connectivity index (χ3n) is 1.78. The van der Waals surface area contributed by atoms with Crippen LogP contribution in [0.4, 0.5) is 15.5 Å². The van der Waals surface area contributed by atoms with Gasteiger partial charge in [-0.25, -0.2) is 9.59 Å². The van der Waals surface area contributed by atoms with E-state index in [0.29, 0.717) is 5.69 Å². The van der Waals surface area contributed by atoms with Crippen LogP contribution in [0.3, 0.4) is 0 Å². The number of aryl methyl sites for hydroxylation is 1. The zero-order valence-electron chi connectivity index (χ0n) is 9.86. The zero-order valence-corrected chi connectivity index (χ0v) is 9.86. The third-order valence-corrected chi connectivity index (χ3v) is 1.78. The van der Waals surface area contributed by atoms with Gasteiger partial charge in [0, 0.05) is 11.8 Å². The summed E-state index contributed by atoms with van der Waals surface area (Å²) >= 11 is 0. The van der Waals surface area contributed by atoms with Crippen molar-refractivity contribution in [1.82, 2.24) is 20.6 Å². The van der Waals surface area contributed by atoms with Gasteiger partial charge in [-0.2, -0.15) is 4.98 Å². The van der Waals surface area contributed by atoms with E-state index in [4.69, 9.17) is 0 Å². The molecular formula is C8H12BN5O4.